The van der Waals surface area contributed by atoms with Crippen LogP contribution in [0.2, 0.25) is 0 Å². The van der Waals surface area contributed by atoms with Gasteiger partial charge in [0, 0.05) is 25.3 Å². The van der Waals surface area contributed by atoms with Gasteiger partial charge in [-0.15, -0.1) is 0 Å². The molecule has 0 N–H and O–H groups in total. The maximum absolute atomic E-state index is 12.8. The van der Waals surface area contributed by atoms with Crippen molar-refractivity contribution in [3.8, 4) is 0 Å². The highest BCUT2D eigenvalue weighted by atomic mass is 19.1. The quantitative estimate of drug-likeness (QED) is 0.773. The van der Waals surface area contributed by atoms with E-state index in [4.69, 9.17) is 4.74 Å². The lowest BCUT2D eigenvalue weighted by Gasteiger charge is -2.38. The van der Waals surface area contributed by atoms with Gasteiger partial charge >= 0.3 is 0 Å². The molecule has 1 aliphatic rings. The van der Waals surface area contributed by atoms with Crippen LogP contribution in [0.4, 0.5) is 4.39 Å². The third-order valence-electron chi connectivity index (χ3n) is 3.65. The van der Waals surface area contributed by atoms with E-state index in [1.807, 2.05) is 6.07 Å². The molecule has 2 heterocycles. The number of hydrogen-bond donors (Lipinski definition) is 0. The van der Waals surface area contributed by atoms with Crippen LogP contribution >= 0.6 is 0 Å². The maximum Gasteiger partial charge on any atom is 0.212 e. The molecule has 2 unspecified atom stereocenters. The molecule has 1 aromatic heterocycles. The molecule has 18 heavy (non-hydrogen) atoms. The van der Waals surface area contributed by atoms with Crippen LogP contribution in [-0.2, 0) is 4.74 Å². The molecule has 0 spiro atoms. The van der Waals surface area contributed by atoms with Crippen LogP contribution in [0.25, 0.3) is 0 Å². The van der Waals surface area contributed by atoms with Crippen molar-refractivity contribution >= 4 is 0 Å². The van der Waals surface area contributed by atoms with Gasteiger partial charge in [-0.25, -0.2) is 4.98 Å². The van der Waals surface area contributed by atoms with Crippen molar-refractivity contribution in [1.29, 1.82) is 0 Å². The fraction of sp³-hybridized carbons (Fsp3) is 0.643. The lowest BCUT2D eigenvalue weighted by atomic mass is 10.0. The van der Waals surface area contributed by atoms with E-state index in [1.165, 1.54) is 6.07 Å². The average Bonchev–Trinajstić information content (AvgIpc) is 2.39. The smallest absolute Gasteiger partial charge is 0.212 e. The van der Waals surface area contributed by atoms with Gasteiger partial charge in [0.15, 0.2) is 0 Å². The lowest BCUT2D eigenvalue weighted by molar-refractivity contribution is -0.0617. The number of morpholine rings is 1. The summed E-state index contributed by atoms with van der Waals surface area (Å²) in [6.07, 6.45) is 1.91. The molecule has 0 saturated carbocycles. The van der Waals surface area contributed by atoms with Crippen molar-refractivity contribution in [1.82, 2.24) is 9.88 Å². The first-order chi connectivity index (χ1) is 8.58. The first kappa shape index (κ1) is 13.4. The third-order valence-corrected chi connectivity index (χ3v) is 3.65. The molecule has 1 fully saturated rings. The fourth-order valence-corrected chi connectivity index (χ4v) is 2.30. The van der Waals surface area contributed by atoms with E-state index in [0.717, 1.165) is 25.3 Å². The van der Waals surface area contributed by atoms with Gasteiger partial charge in [-0.2, -0.15) is 4.39 Å². The number of halogens is 1. The Hall–Kier alpha value is -1.00. The van der Waals surface area contributed by atoms with Crippen molar-refractivity contribution in [2.75, 3.05) is 19.7 Å². The summed E-state index contributed by atoms with van der Waals surface area (Å²) in [4.78, 5) is 6.10. The van der Waals surface area contributed by atoms with Gasteiger partial charge in [0.25, 0.3) is 0 Å². The number of pyridine rings is 1. The number of ether oxygens (including phenoxy) is 1. The number of aromatic nitrogens is 1. The Bertz CT molecular complexity index is 380. The molecular weight excluding hydrogens is 231 g/mol. The number of rotatable bonds is 3. The van der Waals surface area contributed by atoms with Crippen molar-refractivity contribution < 1.29 is 9.13 Å². The Balaban J connectivity index is 2.04. The summed E-state index contributed by atoms with van der Waals surface area (Å²) >= 11 is 0. The highest BCUT2D eigenvalue weighted by molar-refractivity contribution is 5.14. The molecule has 0 amide bonds. The molecule has 2 rings (SSSR count). The Labute approximate surface area is 108 Å². The second-order valence-electron chi connectivity index (χ2n) is 5.24. The molecule has 1 saturated heterocycles. The van der Waals surface area contributed by atoms with Gasteiger partial charge in [-0.05, 0) is 24.5 Å². The number of hydrogen-bond acceptors (Lipinski definition) is 3. The molecule has 1 aliphatic heterocycles. The van der Waals surface area contributed by atoms with Crippen molar-refractivity contribution in [2.45, 2.75) is 32.9 Å². The van der Waals surface area contributed by atoms with Crippen LogP contribution in [0.15, 0.2) is 18.3 Å². The summed E-state index contributed by atoms with van der Waals surface area (Å²) in [6, 6.07) is 3.49. The van der Waals surface area contributed by atoms with Gasteiger partial charge in [0.05, 0.1) is 12.7 Å². The van der Waals surface area contributed by atoms with E-state index in [2.05, 4.69) is 30.7 Å². The summed E-state index contributed by atoms with van der Waals surface area (Å²) < 4.78 is 18.6. The van der Waals surface area contributed by atoms with Crippen LogP contribution in [-0.4, -0.2) is 35.7 Å². The second kappa shape index (κ2) is 5.76. The second-order valence-corrected chi connectivity index (χ2v) is 5.24. The van der Waals surface area contributed by atoms with E-state index in [9.17, 15) is 4.39 Å². The monoisotopic (exact) mass is 252 g/mol. The van der Waals surface area contributed by atoms with Gasteiger partial charge in [0.2, 0.25) is 5.95 Å². The van der Waals surface area contributed by atoms with Crippen LogP contribution in [0.3, 0.4) is 0 Å². The van der Waals surface area contributed by atoms with Crippen LogP contribution in [0.1, 0.15) is 32.4 Å². The SMILES string of the molecule is CC(C)C1CN(C(C)c2ccc(F)nc2)CCO1. The molecular formula is C14H21FN2O. The summed E-state index contributed by atoms with van der Waals surface area (Å²) in [5.41, 5.74) is 1.06. The van der Waals surface area contributed by atoms with Crippen LogP contribution in [0.5, 0.6) is 0 Å². The molecule has 4 heteroatoms. The van der Waals surface area contributed by atoms with Crippen molar-refractivity contribution in [3.63, 3.8) is 0 Å². The highest BCUT2D eigenvalue weighted by Crippen LogP contribution is 2.24. The third kappa shape index (κ3) is 3.06. The zero-order valence-electron chi connectivity index (χ0n) is 11.3. The summed E-state index contributed by atoms with van der Waals surface area (Å²) in [5, 5.41) is 0. The molecule has 0 aliphatic carbocycles. The Morgan fingerprint density at radius 2 is 2.17 bits per heavy atom. The zero-order chi connectivity index (χ0) is 13.1. The predicted octanol–water partition coefficient (Wildman–Crippen LogP) is 2.64. The minimum Gasteiger partial charge on any atom is -0.375 e. The van der Waals surface area contributed by atoms with E-state index < -0.39 is 5.95 Å². The van der Waals surface area contributed by atoms with E-state index in [1.54, 1.807) is 6.20 Å². The highest BCUT2D eigenvalue weighted by Gasteiger charge is 2.26. The minimum absolute atomic E-state index is 0.253. The minimum atomic E-state index is -0.423. The Morgan fingerprint density at radius 1 is 1.39 bits per heavy atom. The van der Waals surface area contributed by atoms with Crippen molar-refractivity contribution in [3.05, 3.63) is 29.8 Å². The van der Waals surface area contributed by atoms with Gasteiger partial charge in [-0.1, -0.05) is 19.9 Å². The van der Waals surface area contributed by atoms with E-state index in [0.29, 0.717) is 5.92 Å². The van der Waals surface area contributed by atoms with Gasteiger partial charge in [-0.3, -0.25) is 4.90 Å². The van der Waals surface area contributed by atoms with Gasteiger partial charge < -0.3 is 4.74 Å². The fourth-order valence-electron chi connectivity index (χ4n) is 2.30. The maximum atomic E-state index is 12.8. The van der Waals surface area contributed by atoms with Crippen LogP contribution in [0, 0.1) is 11.9 Å². The van der Waals surface area contributed by atoms with Crippen LogP contribution < -0.4 is 0 Å². The summed E-state index contributed by atoms with van der Waals surface area (Å²) in [6.45, 7) is 9.11. The molecule has 0 bridgehead atoms. The Morgan fingerprint density at radius 3 is 2.78 bits per heavy atom. The van der Waals surface area contributed by atoms with E-state index >= 15 is 0 Å². The molecule has 100 valence electrons. The van der Waals surface area contributed by atoms with Crippen molar-refractivity contribution in [2.24, 2.45) is 5.92 Å². The molecule has 3 nitrogen and oxygen atoms in total. The largest absolute Gasteiger partial charge is 0.375 e. The average molecular weight is 252 g/mol. The molecule has 0 radical (unpaired) electrons. The van der Waals surface area contributed by atoms with E-state index in [-0.39, 0.29) is 12.1 Å². The molecule has 1 aromatic rings. The van der Waals surface area contributed by atoms with Gasteiger partial charge in [0.1, 0.15) is 0 Å². The molecule has 2 atom stereocenters. The molecule has 0 aromatic carbocycles. The number of nitrogens with zero attached hydrogens (tertiary/aromatic N) is 2. The summed E-state index contributed by atoms with van der Waals surface area (Å²) in [5.74, 6) is 0.0966. The Kier molecular flexibility index (Phi) is 4.30. The lowest BCUT2D eigenvalue weighted by Crippen LogP contribution is -2.45. The standard InChI is InChI=1S/C14H21FN2O/c1-10(2)13-9-17(6-7-18-13)11(3)12-4-5-14(15)16-8-12/h4-5,8,10-11,13H,6-7,9H2,1-3H3. The first-order valence-electron chi connectivity index (χ1n) is 6.55. The summed E-state index contributed by atoms with van der Waals surface area (Å²) in [7, 11) is 0. The predicted molar refractivity (Wildman–Crippen MR) is 68.8 cm³/mol. The zero-order valence-corrected chi connectivity index (χ0v) is 11.3. The topological polar surface area (TPSA) is 25.4 Å². The first-order valence-corrected chi connectivity index (χ1v) is 6.55. The normalized spacial score (nSPS) is 23.3.